The van der Waals surface area contributed by atoms with Gasteiger partial charge in [-0.1, -0.05) is 37.8 Å². The van der Waals surface area contributed by atoms with Crippen LogP contribution in [0.3, 0.4) is 0 Å². The van der Waals surface area contributed by atoms with Gasteiger partial charge in [-0.3, -0.25) is 4.79 Å². The molecule has 2 fully saturated rings. The lowest BCUT2D eigenvalue weighted by Crippen LogP contribution is -2.32. The second-order valence-electron chi connectivity index (χ2n) is 8.12. The van der Waals surface area contributed by atoms with Crippen molar-refractivity contribution in [3.63, 3.8) is 0 Å². The Morgan fingerprint density at radius 1 is 0.897 bits per heavy atom. The van der Waals surface area contributed by atoms with Crippen molar-refractivity contribution in [2.75, 3.05) is 0 Å². The number of carbonyl (C=O) groups excluding carboxylic acids is 2. The maximum Gasteiger partial charge on any atom is 0.336 e. The number of benzene rings is 2. The van der Waals surface area contributed by atoms with Gasteiger partial charge in [0.15, 0.2) is 0 Å². The molecule has 0 aromatic heterocycles. The summed E-state index contributed by atoms with van der Waals surface area (Å²) in [5.41, 5.74) is 2.99. The maximum atomic E-state index is 13.0. The van der Waals surface area contributed by atoms with Crippen LogP contribution in [0, 0.1) is 6.92 Å². The Morgan fingerprint density at radius 2 is 1.48 bits per heavy atom. The molecular formula is C24H29NO4. The van der Waals surface area contributed by atoms with E-state index in [2.05, 4.69) is 11.4 Å². The molecule has 2 aromatic carbocycles. The summed E-state index contributed by atoms with van der Waals surface area (Å²) < 4.78 is 0. The Kier molecular flexibility index (Phi) is 6.68. The van der Waals surface area contributed by atoms with Crippen molar-refractivity contribution < 1.29 is 19.5 Å². The molecule has 2 aliphatic carbocycles. The molecule has 5 nitrogen and oxygen atoms in total. The molecule has 2 saturated carbocycles. The van der Waals surface area contributed by atoms with Gasteiger partial charge in [0.25, 0.3) is 5.91 Å². The molecule has 4 rings (SSSR count). The highest BCUT2D eigenvalue weighted by Crippen LogP contribution is 2.40. The fourth-order valence-electron chi connectivity index (χ4n) is 4.97. The van der Waals surface area contributed by atoms with E-state index < -0.39 is 5.97 Å². The number of hydrogen-bond acceptors (Lipinski definition) is 3. The molecule has 0 saturated heterocycles. The Bertz CT molecular complexity index is 909. The van der Waals surface area contributed by atoms with E-state index in [1.807, 2.05) is 19.8 Å². The number of hydrogen-bond donors (Lipinski definition) is 2. The zero-order valence-electron chi connectivity index (χ0n) is 17.0. The number of rotatable bonds is 4. The summed E-state index contributed by atoms with van der Waals surface area (Å²) in [6, 6.07) is 7.69. The van der Waals surface area contributed by atoms with Crippen LogP contribution >= 0.6 is 0 Å². The van der Waals surface area contributed by atoms with Gasteiger partial charge in [-0.25, -0.2) is 4.79 Å². The third-order valence-corrected chi connectivity index (χ3v) is 6.36. The van der Waals surface area contributed by atoms with Gasteiger partial charge in [0.2, 0.25) is 0 Å². The molecule has 2 N–H and O–H groups in total. The van der Waals surface area contributed by atoms with Gasteiger partial charge in [-0.15, -0.1) is 0 Å². The van der Waals surface area contributed by atoms with Crippen LogP contribution in [-0.4, -0.2) is 29.8 Å². The first kappa shape index (κ1) is 21.0. The van der Waals surface area contributed by atoms with Crippen molar-refractivity contribution in [3.8, 4) is 0 Å². The molecule has 2 aromatic rings. The van der Waals surface area contributed by atoms with Crippen molar-refractivity contribution in [1.29, 1.82) is 0 Å². The quantitative estimate of drug-likeness (QED) is 0.764. The number of carbonyl (C=O) groups is 3. The summed E-state index contributed by atoms with van der Waals surface area (Å²) in [6.45, 7) is 3.97. The molecule has 0 unspecified atom stereocenters. The van der Waals surface area contributed by atoms with E-state index in [4.69, 9.17) is 4.79 Å². The summed E-state index contributed by atoms with van der Waals surface area (Å²) >= 11 is 0. The van der Waals surface area contributed by atoms with Gasteiger partial charge in [-0.05, 0) is 67.2 Å². The highest BCUT2D eigenvalue weighted by atomic mass is 16.4. The molecule has 0 atom stereocenters. The van der Waals surface area contributed by atoms with Crippen LogP contribution in [0.25, 0.3) is 10.8 Å². The van der Waals surface area contributed by atoms with E-state index >= 15 is 0 Å². The van der Waals surface area contributed by atoms with E-state index in [9.17, 15) is 14.7 Å². The fourth-order valence-corrected chi connectivity index (χ4v) is 4.97. The number of fused-ring (bicyclic) bond motifs is 1. The monoisotopic (exact) mass is 395 g/mol. The van der Waals surface area contributed by atoms with Crippen LogP contribution in [-0.2, 0) is 4.79 Å². The smallest absolute Gasteiger partial charge is 0.336 e. The van der Waals surface area contributed by atoms with Crippen molar-refractivity contribution >= 4 is 29.4 Å². The lowest BCUT2D eigenvalue weighted by Gasteiger charge is -2.20. The van der Waals surface area contributed by atoms with E-state index in [0.29, 0.717) is 17.0 Å². The van der Waals surface area contributed by atoms with Gasteiger partial charge in [0.1, 0.15) is 6.79 Å². The molecule has 5 heteroatoms. The zero-order chi connectivity index (χ0) is 21.0. The SMILES string of the molecule is C=O.Cc1ccc(C2CCCC2)c2c(C(=O)O)ccc(C(=O)NC3CCCC3)c12. The van der Waals surface area contributed by atoms with Gasteiger partial charge < -0.3 is 15.2 Å². The number of carboxylic acids is 1. The van der Waals surface area contributed by atoms with E-state index in [-0.39, 0.29) is 11.9 Å². The molecule has 2 aliphatic rings. The second kappa shape index (κ2) is 9.21. The number of carboxylic acid groups (broad SMARTS) is 1. The average molecular weight is 395 g/mol. The third-order valence-electron chi connectivity index (χ3n) is 6.36. The van der Waals surface area contributed by atoms with Crippen LogP contribution in [0.4, 0.5) is 0 Å². The minimum Gasteiger partial charge on any atom is -0.478 e. The normalized spacial score (nSPS) is 17.1. The second-order valence-corrected chi connectivity index (χ2v) is 8.12. The summed E-state index contributed by atoms with van der Waals surface area (Å²) in [7, 11) is 0. The largest absolute Gasteiger partial charge is 0.478 e. The molecule has 0 radical (unpaired) electrons. The Morgan fingerprint density at radius 3 is 2.10 bits per heavy atom. The van der Waals surface area contributed by atoms with E-state index in [0.717, 1.165) is 60.4 Å². The van der Waals surface area contributed by atoms with E-state index in [1.54, 1.807) is 12.1 Å². The molecule has 29 heavy (non-hydrogen) atoms. The highest BCUT2D eigenvalue weighted by molar-refractivity contribution is 6.14. The summed E-state index contributed by atoms with van der Waals surface area (Å²) in [6.07, 6.45) is 8.94. The zero-order valence-corrected chi connectivity index (χ0v) is 17.0. The molecule has 1 amide bonds. The lowest BCUT2D eigenvalue weighted by molar-refractivity contribution is -0.0980. The molecule has 154 valence electrons. The first-order valence-corrected chi connectivity index (χ1v) is 10.5. The predicted molar refractivity (Wildman–Crippen MR) is 114 cm³/mol. The van der Waals surface area contributed by atoms with Crippen LogP contribution in [0.2, 0.25) is 0 Å². The molecule has 0 spiro atoms. The van der Waals surface area contributed by atoms with E-state index in [1.165, 1.54) is 12.8 Å². The molecule has 0 heterocycles. The van der Waals surface area contributed by atoms with Crippen LogP contribution in [0.1, 0.15) is 89.1 Å². The summed E-state index contributed by atoms with van der Waals surface area (Å²) in [4.78, 5) is 33.0. The molecular weight excluding hydrogens is 366 g/mol. The minimum atomic E-state index is -0.924. The first-order valence-electron chi connectivity index (χ1n) is 10.5. The van der Waals surface area contributed by atoms with Gasteiger partial charge in [-0.2, -0.15) is 0 Å². The summed E-state index contributed by atoms with van der Waals surface area (Å²) in [5, 5.41) is 14.6. The van der Waals surface area contributed by atoms with Crippen LogP contribution in [0.5, 0.6) is 0 Å². The van der Waals surface area contributed by atoms with Crippen molar-refractivity contribution in [2.24, 2.45) is 0 Å². The fraction of sp³-hybridized carbons (Fsp3) is 0.458. The van der Waals surface area contributed by atoms with Gasteiger partial charge >= 0.3 is 5.97 Å². The Labute approximate surface area is 171 Å². The third kappa shape index (κ3) is 4.19. The number of amides is 1. The first-order chi connectivity index (χ1) is 14.1. The maximum absolute atomic E-state index is 13.0. The summed E-state index contributed by atoms with van der Waals surface area (Å²) in [5.74, 6) is -0.609. The lowest BCUT2D eigenvalue weighted by atomic mass is 9.86. The Balaban J connectivity index is 0.00000117. The predicted octanol–water partition coefficient (Wildman–Crippen LogP) is 4.99. The standard InChI is InChI=1S/C23H27NO3.CH2O/c1-14-10-11-17(15-6-2-3-7-15)21-19(23(26)27)13-12-18(20(14)21)22(25)24-16-8-4-5-9-16;1-2/h10-13,15-16H,2-9H2,1H3,(H,24,25)(H,26,27);1H2. The molecule has 0 bridgehead atoms. The number of aromatic carboxylic acids is 1. The van der Waals surface area contributed by atoms with Crippen LogP contribution < -0.4 is 5.32 Å². The van der Waals surface area contributed by atoms with Crippen molar-refractivity contribution in [1.82, 2.24) is 5.32 Å². The van der Waals surface area contributed by atoms with Crippen molar-refractivity contribution in [2.45, 2.75) is 70.3 Å². The topological polar surface area (TPSA) is 83.5 Å². The van der Waals surface area contributed by atoms with Crippen LogP contribution in [0.15, 0.2) is 24.3 Å². The van der Waals surface area contributed by atoms with Gasteiger partial charge in [0, 0.05) is 17.0 Å². The number of aryl methyl sites for hydroxylation is 1. The Hall–Kier alpha value is -2.69. The number of nitrogens with one attached hydrogen (secondary N) is 1. The minimum absolute atomic E-state index is 0.0736. The van der Waals surface area contributed by atoms with Crippen molar-refractivity contribution in [3.05, 3.63) is 46.5 Å². The van der Waals surface area contributed by atoms with Gasteiger partial charge in [0.05, 0.1) is 5.56 Å². The molecule has 0 aliphatic heterocycles. The highest BCUT2D eigenvalue weighted by Gasteiger charge is 2.26. The average Bonchev–Trinajstić information content (AvgIpc) is 3.43.